The molecule has 0 bridgehead atoms. The lowest BCUT2D eigenvalue weighted by Crippen LogP contribution is -2.32. The molecule has 0 radical (unpaired) electrons. The van der Waals surface area contributed by atoms with Crippen molar-refractivity contribution in [2.75, 3.05) is 7.11 Å². The Balaban J connectivity index is 1.99. The zero-order chi connectivity index (χ0) is 18.2. The highest BCUT2D eigenvalue weighted by atomic mass is 32.2. The minimum atomic E-state index is -3.88. The molecular formula is C17H21N3O4S. The van der Waals surface area contributed by atoms with Crippen LogP contribution < -0.4 is 4.72 Å². The molecule has 1 aromatic carbocycles. The van der Waals surface area contributed by atoms with Crippen molar-refractivity contribution < 1.29 is 17.9 Å². The Morgan fingerprint density at radius 1 is 1.36 bits per heavy atom. The number of carbonyl (C=O) groups is 1. The van der Waals surface area contributed by atoms with Crippen molar-refractivity contribution in [2.45, 2.75) is 37.1 Å². The van der Waals surface area contributed by atoms with Crippen LogP contribution in [0.4, 0.5) is 0 Å². The third-order valence-electron chi connectivity index (χ3n) is 4.53. The van der Waals surface area contributed by atoms with Gasteiger partial charge in [0, 0.05) is 18.3 Å². The molecule has 1 unspecified atom stereocenters. The number of sulfonamides is 1. The molecule has 1 aliphatic rings. The standard InChI is InChI=1S/C17H21N3O4S/c1-11-16-13(8-6-9-14(16)20(2)18-11)19-25(22,23)15-10-5-4-7-12(15)17(21)24-3/h4-5,7,10,13,19H,6,8-9H2,1-3H3. The van der Waals surface area contributed by atoms with Crippen LogP contribution >= 0.6 is 0 Å². The Morgan fingerprint density at radius 3 is 2.80 bits per heavy atom. The molecule has 0 fully saturated rings. The van der Waals surface area contributed by atoms with Gasteiger partial charge in [0.05, 0.1) is 29.3 Å². The van der Waals surface area contributed by atoms with Crippen LogP contribution in [0.15, 0.2) is 29.2 Å². The molecule has 1 heterocycles. The summed E-state index contributed by atoms with van der Waals surface area (Å²) < 4.78 is 35.1. The molecular weight excluding hydrogens is 342 g/mol. The number of nitrogens with one attached hydrogen (secondary N) is 1. The van der Waals surface area contributed by atoms with E-state index < -0.39 is 16.0 Å². The first-order chi connectivity index (χ1) is 11.8. The maximum absolute atomic E-state index is 12.9. The highest BCUT2D eigenvalue weighted by Gasteiger charge is 2.31. The van der Waals surface area contributed by atoms with Gasteiger partial charge in [-0.05, 0) is 38.3 Å². The van der Waals surface area contributed by atoms with E-state index in [4.69, 9.17) is 4.74 Å². The van der Waals surface area contributed by atoms with Crippen LogP contribution in [0.25, 0.3) is 0 Å². The van der Waals surface area contributed by atoms with Gasteiger partial charge in [-0.2, -0.15) is 5.10 Å². The quantitative estimate of drug-likeness (QED) is 0.838. The van der Waals surface area contributed by atoms with E-state index in [1.807, 2.05) is 18.7 Å². The van der Waals surface area contributed by atoms with Gasteiger partial charge in [-0.1, -0.05) is 12.1 Å². The molecule has 0 aliphatic heterocycles. The molecule has 0 spiro atoms. The first-order valence-electron chi connectivity index (χ1n) is 8.07. The molecule has 1 N–H and O–H groups in total. The molecule has 1 aliphatic carbocycles. The molecule has 25 heavy (non-hydrogen) atoms. The lowest BCUT2D eigenvalue weighted by molar-refractivity contribution is 0.0596. The van der Waals surface area contributed by atoms with E-state index in [0.29, 0.717) is 6.42 Å². The van der Waals surface area contributed by atoms with Gasteiger partial charge in [0.15, 0.2) is 0 Å². The summed E-state index contributed by atoms with van der Waals surface area (Å²) in [4.78, 5) is 11.8. The monoisotopic (exact) mass is 363 g/mol. The summed E-state index contributed by atoms with van der Waals surface area (Å²) >= 11 is 0. The molecule has 0 amide bonds. The predicted molar refractivity (Wildman–Crippen MR) is 91.7 cm³/mol. The van der Waals surface area contributed by atoms with Crippen LogP contribution in [-0.4, -0.2) is 31.3 Å². The van der Waals surface area contributed by atoms with Crippen molar-refractivity contribution in [1.29, 1.82) is 0 Å². The number of ether oxygens (including phenoxy) is 1. The van der Waals surface area contributed by atoms with E-state index in [1.54, 1.807) is 12.1 Å². The fourth-order valence-corrected chi connectivity index (χ4v) is 4.87. The Kier molecular flexibility index (Phi) is 4.66. The average molecular weight is 363 g/mol. The predicted octanol–water partition coefficient (Wildman–Crippen LogP) is 1.87. The van der Waals surface area contributed by atoms with Crippen molar-refractivity contribution in [3.63, 3.8) is 0 Å². The number of rotatable bonds is 4. The van der Waals surface area contributed by atoms with Crippen LogP contribution in [0.3, 0.4) is 0 Å². The second-order valence-electron chi connectivity index (χ2n) is 6.12. The van der Waals surface area contributed by atoms with E-state index in [0.717, 1.165) is 29.8 Å². The fraction of sp³-hybridized carbons (Fsp3) is 0.412. The molecule has 1 atom stereocenters. The summed E-state index contributed by atoms with van der Waals surface area (Å²) in [5.74, 6) is -0.678. The number of benzene rings is 1. The lowest BCUT2D eigenvalue weighted by Gasteiger charge is -2.24. The van der Waals surface area contributed by atoms with E-state index >= 15 is 0 Å². The van der Waals surface area contributed by atoms with Crippen LogP contribution in [0, 0.1) is 6.92 Å². The van der Waals surface area contributed by atoms with Crippen LogP contribution in [0.1, 0.15) is 46.2 Å². The second-order valence-corrected chi connectivity index (χ2v) is 7.81. The molecule has 0 saturated carbocycles. The SMILES string of the molecule is COC(=O)c1ccccc1S(=O)(=O)NC1CCCc2c1c(C)nn2C. The number of methoxy groups -OCH3 is 1. The minimum absolute atomic E-state index is 0.0245. The average Bonchev–Trinajstić information content (AvgIpc) is 2.89. The van der Waals surface area contributed by atoms with Gasteiger partial charge in [-0.25, -0.2) is 17.9 Å². The summed E-state index contributed by atoms with van der Waals surface area (Å²) in [5.41, 5.74) is 2.84. The van der Waals surface area contributed by atoms with Gasteiger partial charge < -0.3 is 4.74 Å². The molecule has 134 valence electrons. The van der Waals surface area contributed by atoms with E-state index in [-0.39, 0.29) is 16.5 Å². The maximum atomic E-state index is 12.9. The zero-order valence-electron chi connectivity index (χ0n) is 14.4. The number of fused-ring (bicyclic) bond motifs is 1. The topological polar surface area (TPSA) is 90.3 Å². The van der Waals surface area contributed by atoms with Gasteiger partial charge in [0.1, 0.15) is 0 Å². The fourth-order valence-electron chi connectivity index (χ4n) is 3.44. The van der Waals surface area contributed by atoms with Crippen molar-refractivity contribution >= 4 is 16.0 Å². The maximum Gasteiger partial charge on any atom is 0.339 e. The van der Waals surface area contributed by atoms with Gasteiger partial charge in [0.25, 0.3) is 0 Å². The van der Waals surface area contributed by atoms with Crippen LogP contribution in [0.2, 0.25) is 0 Å². The van der Waals surface area contributed by atoms with E-state index in [2.05, 4.69) is 9.82 Å². The smallest absolute Gasteiger partial charge is 0.339 e. The molecule has 1 aromatic heterocycles. The van der Waals surface area contributed by atoms with Gasteiger partial charge >= 0.3 is 5.97 Å². The molecule has 0 saturated heterocycles. The zero-order valence-corrected chi connectivity index (χ0v) is 15.3. The molecule has 2 aromatic rings. The van der Waals surface area contributed by atoms with Gasteiger partial charge in [-0.15, -0.1) is 0 Å². The normalized spacial score (nSPS) is 17.2. The number of carbonyl (C=O) groups excluding carboxylic acids is 1. The number of nitrogens with zero attached hydrogens (tertiary/aromatic N) is 2. The number of hydrogen-bond acceptors (Lipinski definition) is 5. The van der Waals surface area contributed by atoms with E-state index in [9.17, 15) is 13.2 Å². The summed E-state index contributed by atoms with van der Waals surface area (Å²) in [7, 11) is -0.786. The van der Waals surface area contributed by atoms with Crippen molar-refractivity contribution in [3.05, 3.63) is 46.8 Å². The van der Waals surface area contributed by atoms with Crippen molar-refractivity contribution in [1.82, 2.24) is 14.5 Å². The van der Waals surface area contributed by atoms with Crippen molar-refractivity contribution in [2.24, 2.45) is 7.05 Å². The minimum Gasteiger partial charge on any atom is -0.465 e. The highest BCUT2D eigenvalue weighted by Crippen LogP contribution is 2.33. The third-order valence-corrected chi connectivity index (χ3v) is 6.06. The molecule has 3 rings (SSSR count). The molecule has 7 nitrogen and oxygen atoms in total. The Labute approximate surface area is 147 Å². The summed E-state index contributed by atoms with van der Waals surface area (Å²) in [6.45, 7) is 1.88. The lowest BCUT2D eigenvalue weighted by atomic mass is 9.92. The second kappa shape index (κ2) is 6.61. The number of aryl methyl sites for hydroxylation is 2. The molecule has 8 heteroatoms. The number of esters is 1. The van der Waals surface area contributed by atoms with Gasteiger partial charge in [-0.3, -0.25) is 4.68 Å². The highest BCUT2D eigenvalue weighted by molar-refractivity contribution is 7.89. The summed E-state index contributed by atoms with van der Waals surface area (Å²) in [6.07, 6.45) is 2.45. The first kappa shape index (κ1) is 17.6. The van der Waals surface area contributed by atoms with Crippen molar-refractivity contribution in [3.8, 4) is 0 Å². The van der Waals surface area contributed by atoms with Crippen LogP contribution in [0.5, 0.6) is 0 Å². The van der Waals surface area contributed by atoms with Crippen LogP contribution in [-0.2, 0) is 28.2 Å². The summed E-state index contributed by atoms with van der Waals surface area (Å²) in [5, 5.41) is 4.41. The Morgan fingerprint density at radius 2 is 2.08 bits per heavy atom. The number of hydrogen-bond donors (Lipinski definition) is 1. The Bertz CT molecular complexity index is 918. The third kappa shape index (κ3) is 3.19. The van der Waals surface area contributed by atoms with E-state index in [1.165, 1.54) is 19.2 Å². The summed E-state index contributed by atoms with van der Waals surface area (Å²) in [6, 6.07) is 5.70. The largest absolute Gasteiger partial charge is 0.465 e. The van der Waals surface area contributed by atoms with Gasteiger partial charge in [0.2, 0.25) is 10.0 Å². The first-order valence-corrected chi connectivity index (χ1v) is 9.55. The number of aromatic nitrogens is 2. The Hall–Kier alpha value is -2.19.